The lowest BCUT2D eigenvalue weighted by Crippen LogP contribution is -2.42. The van der Waals surface area contributed by atoms with E-state index in [-0.39, 0.29) is 24.6 Å². The lowest BCUT2D eigenvalue weighted by molar-refractivity contribution is -0.119. The minimum absolute atomic E-state index is 0.100. The third-order valence-corrected chi connectivity index (χ3v) is 7.09. The molecule has 180 valence electrons. The molecule has 3 aromatic rings. The predicted octanol–water partition coefficient (Wildman–Crippen LogP) is 4.36. The minimum atomic E-state index is -4.00. The second kappa shape index (κ2) is 11.3. The first-order valence-corrected chi connectivity index (χ1v) is 12.4. The van der Waals surface area contributed by atoms with E-state index in [1.807, 2.05) is 6.92 Å². The van der Waals surface area contributed by atoms with Crippen LogP contribution in [0.2, 0.25) is 5.02 Å². The van der Waals surface area contributed by atoms with Gasteiger partial charge in [0.05, 0.1) is 24.2 Å². The van der Waals surface area contributed by atoms with E-state index in [0.29, 0.717) is 27.8 Å². The molecule has 7 nitrogen and oxygen atoms in total. The smallest absolute Gasteiger partial charge is 0.264 e. The maximum absolute atomic E-state index is 13.5. The predicted molar refractivity (Wildman–Crippen MR) is 133 cm³/mol. The highest BCUT2D eigenvalue weighted by molar-refractivity contribution is 7.92. The van der Waals surface area contributed by atoms with Crippen LogP contribution in [0.5, 0.6) is 11.5 Å². The van der Waals surface area contributed by atoms with Gasteiger partial charge in [-0.2, -0.15) is 0 Å². The Kier molecular flexibility index (Phi) is 8.41. The summed E-state index contributed by atoms with van der Waals surface area (Å²) in [5, 5.41) is 3.20. The molecule has 0 bridgehead atoms. The molecule has 0 aliphatic rings. The molecule has 0 atom stereocenters. The Hall–Kier alpha value is -3.23. The molecule has 3 rings (SSSR count). The maximum atomic E-state index is 13.5. The van der Waals surface area contributed by atoms with Crippen LogP contribution in [0.1, 0.15) is 11.1 Å². The first kappa shape index (κ1) is 25.4. The topological polar surface area (TPSA) is 84.9 Å². The van der Waals surface area contributed by atoms with E-state index in [9.17, 15) is 13.2 Å². The largest absolute Gasteiger partial charge is 0.497 e. The summed E-state index contributed by atoms with van der Waals surface area (Å²) in [6.45, 7) is 3.67. The summed E-state index contributed by atoms with van der Waals surface area (Å²) in [4.78, 5) is 12.8. The van der Waals surface area contributed by atoms with Crippen LogP contribution in [0.4, 0.5) is 5.69 Å². The van der Waals surface area contributed by atoms with Gasteiger partial charge in [0.2, 0.25) is 5.91 Å². The Bertz CT molecular complexity index is 1230. The summed E-state index contributed by atoms with van der Waals surface area (Å²) in [6.07, 6.45) is 0. The van der Waals surface area contributed by atoms with Gasteiger partial charge in [-0.15, -0.1) is 0 Å². The standard InChI is InChI=1S/C25H27ClN2O5S/c1-18-4-11-23(12-5-18)34(30,31)28(24-13-6-20(26)16-19(24)2)17-25(29)27-14-15-33-22-9-7-21(32-3)8-10-22/h4-13,16H,14-15,17H2,1-3H3,(H,27,29). The second-order valence-corrected chi connectivity index (χ2v) is 9.93. The molecule has 3 aromatic carbocycles. The fraction of sp³-hybridized carbons (Fsp3) is 0.240. The highest BCUT2D eigenvalue weighted by Gasteiger charge is 2.28. The molecule has 0 saturated heterocycles. The number of carbonyl (C=O) groups excluding carboxylic acids is 1. The van der Waals surface area contributed by atoms with Crippen LogP contribution in [-0.2, 0) is 14.8 Å². The fourth-order valence-corrected chi connectivity index (χ4v) is 4.97. The van der Waals surface area contributed by atoms with Crippen molar-refractivity contribution in [3.8, 4) is 11.5 Å². The van der Waals surface area contributed by atoms with Gasteiger partial charge in [-0.3, -0.25) is 9.10 Å². The second-order valence-electron chi connectivity index (χ2n) is 7.63. The number of nitrogens with zero attached hydrogens (tertiary/aromatic N) is 1. The number of methoxy groups -OCH3 is 1. The highest BCUT2D eigenvalue weighted by atomic mass is 35.5. The molecule has 0 heterocycles. The van der Waals surface area contributed by atoms with E-state index in [1.165, 1.54) is 12.1 Å². The van der Waals surface area contributed by atoms with Crippen molar-refractivity contribution in [2.75, 3.05) is 31.1 Å². The minimum Gasteiger partial charge on any atom is -0.497 e. The van der Waals surface area contributed by atoms with Crippen LogP contribution >= 0.6 is 11.6 Å². The molecule has 0 fully saturated rings. The number of hydrogen-bond acceptors (Lipinski definition) is 5. The van der Waals surface area contributed by atoms with E-state index in [4.69, 9.17) is 21.1 Å². The number of anilines is 1. The van der Waals surface area contributed by atoms with Gasteiger partial charge in [-0.1, -0.05) is 29.3 Å². The quantitative estimate of drug-likeness (QED) is 0.416. The van der Waals surface area contributed by atoms with Crippen molar-refractivity contribution >= 4 is 33.2 Å². The van der Waals surface area contributed by atoms with Crippen LogP contribution in [0.15, 0.2) is 71.6 Å². The van der Waals surface area contributed by atoms with Gasteiger partial charge in [0, 0.05) is 5.02 Å². The number of aryl methyl sites for hydroxylation is 2. The van der Waals surface area contributed by atoms with Gasteiger partial charge < -0.3 is 14.8 Å². The molecular formula is C25H27ClN2O5S. The zero-order chi connectivity index (χ0) is 24.7. The van der Waals surface area contributed by atoms with Gasteiger partial charge in [-0.05, 0) is 74.0 Å². The molecule has 0 radical (unpaired) electrons. The van der Waals surface area contributed by atoms with Crippen LogP contribution in [0.25, 0.3) is 0 Å². The molecule has 0 saturated carbocycles. The molecule has 0 spiro atoms. The fourth-order valence-electron chi connectivity index (χ4n) is 3.25. The van der Waals surface area contributed by atoms with Crippen LogP contribution in [0, 0.1) is 13.8 Å². The molecule has 0 aliphatic heterocycles. The summed E-state index contributed by atoms with van der Waals surface area (Å²) in [5.74, 6) is 0.895. The van der Waals surface area contributed by atoms with Crippen molar-refractivity contribution in [3.05, 3.63) is 82.9 Å². The van der Waals surface area contributed by atoms with Crippen molar-refractivity contribution in [2.24, 2.45) is 0 Å². The van der Waals surface area contributed by atoms with Gasteiger partial charge >= 0.3 is 0 Å². The van der Waals surface area contributed by atoms with Crippen LogP contribution in [-0.4, -0.2) is 41.1 Å². The Morgan fingerprint density at radius 2 is 1.62 bits per heavy atom. The van der Waals surface area contributed by atoms with E-state index in [2.05, 4.69) is 5.32 Å². The molecule has 34 heavy (non-hydrogen) atoms. The van der Waals surface area contributed by atoms with Gasteiger partial charge in [0.15, 0.2) is 0 Å². The van der Waals surface area contributed by atoms with Crippen LogP contribution < -0.4 is 19.1 Å². The Morgan fingerprint density at radius 3 is 2.24 bits per heavy atom. The normalized spacial score (nSPS) is 11.1. The van der Waals surface area contributed by atoms with Crippen molar-refractivity contribution in [3.63, 3.8) is 0 Å². The summed E-state index contributed by atoms with van der Waals surface area (Å²) in [7, 11) is -2.41. The molecular weight excluding hydrogens is 476 g/mol. The lowest BCUT2D eigenvalue weighted by atomic mass is 10.2. The summed E-state index contributed by atoms with van der Waals surface area (Å²) in [6, 6.07) is 18.4. The number of rotatable bonds is 10. The third-order valence-electron chi connectivity index (χ3n) is 5.08. The molecule has 0 unspecified atom stereocenters. The highest BCUT2D eigenvalue weighted by Crippen LogP contribution is 2.29. The average Bonchev–Trinajstić information content (AvgIpc) is 2.81. The number of sulfonamides is 1. The number of hydrogen-bond donors (Lipinski definition) is 1. The SMILES string of the molecule is COc1ccc(OCCNC(=O)CN(c2ccc(Cl)cc2C)S(=O)(=O)c2ccc(C)cc2)cc1. The molecule has 1 amide bonds. The number of amides is 1. The number of ether oxygens (including phenoxy) is 2. The zero-order valence-corrected chi connectivity index (χ0v) is 20.8. The summed E-state index contributed by atoms with van der Waals surface area (Å²) < 4.78 is 38.7. The van der Waals surface area contributed by atoms with Gasteiger partial charge in [0.1, 0.15) is 24.7 Å². The zero-order valence-electron chi connectivity index (χ0n) is 19.2. The number of carbonyl (C=O) groups is 1. The van der Waals surface area contributed by atoms with Crippen LogP contribution in [0.3, 0.4) is 0 Å². The van der Waals surface area contributed by atoms with Gasteiger partial charge in [0.25, 0.3) is 10.0 Å². The van der Waals surface area contributed by atoms with Crippen molar-refractivity contribution < 1.29 is 22.7 Å². The monoisotopic (exact) mass is 502 g/mol. The molecule has 9 heteroatoms. The first-order valence-electron chi connectivity index (χ1n) is 10.6. The first-order chi connectivity index (χ1) is 16.2. The van der Waals surface area contributed by atoms with Gasteiger partial charge in [-0.25, -0.2) is 8.42 Å². The number of halogens is 1. The number of nitrogens with one attached hydrogen (secondary N) is 1. The van der Waals surface area contributed by atoms with Crippen molar-refractivity contribution in [1.29, 1.82) is 0 Å². The van der Waals surface area contributed by atoms with E-state index < -0.39 is 15.9 Å². The molecule has 0 aromatic heterocycles. The Balaban J connectivity index is 1.71. The van der Waals surface area contributed by atoms with Crippen molar-refractivity contribution in [2.45, 2.75) is 18.7 Å². The Labute approximate surface area is 205 Å². The lowest BCUT2D eigenvalue weighted by Gasteiger charge is -2.26. The summed E-state index contributed by atoms with van der Waals surface area (Å²) in [5.41, 5.74) is 1.95. The average molecular weight is 503 g/mol. The van der Waals surface area contributed by atoms with Crippen molar-refractivity contribution in [1.82, 2.24) is 5.32 Å². The number of benzene rings is 3. The molecule has 1 N–H and O–H groups in total. The van der Waals surface area contributed by atoms with E-state index in [1.54, 1.807) is 68.6 Å². The maximum Gasteiger partial charge on any atom is 0.264 e. The van der Waals surface area contributed by atoms with E-state index in [0.717, 1.165) is 9.87 Å². The molecule has 0 aliphatic carbocycles. The summed E-state index contributed by atoms with van der Waals surface area (Å²) >= 11 is 6.06. The van der Waals surface area contributed by atoms with E-state index >= 15 is 0 Å². The Morgan fingerprint density at radius 1 is 0.971 bits per heavy atom. The third kappa shape index (κ3) is 6.42.